The van der Waals surface area contributed by atoms with E-state index in [0.29, 0.717) is 0 Å². The first kappa shape index (κ1) is 25.7. The molecule has 103 valence electrons. The Labute approximate surface area is 122 Å². The van der Waals surface area contributed by atoms with E-state index in [-0.39, 0.29) is 38.2 Å². The molecule has 0 rings (SSSR count). The van der Waals surface area contributed by atoms with Gasteiger partial charge in [0, 0.05) is 0 Å². The van der Waals surface area contributed by atoms with Crippen molar-refractivity contribution in [2.75, 3.05) is 0 Å². The van der Waals surface area contributed by atoms with Crippen molar-refractivity contribution in [2.45, 2.75) is 0 Å². The predicted molar refractivity (Wildman–Crippen MR) is 42.0 cm³/mol. The van der Waals surface area contributed by atoms with Gasteiger partial charge in [-0.2, -0.15) is 8.42 Å². The van der Waals surface area contributed by atoms with Crippen LogP contribution in [0.1, 0.15) is 0 Å². The number of hydrogen-bond donors (Lipinski definition) is 4. The van der Waals surface area contributed by atoms with Gasteiger partial charge in [0.05, 0.1) is 0 Å². The van der Waals surface area contributed by atoms with Gasteiger partial charge in [-0.3, -0.25) is 13.5 Å². The van der Waals surface area contributed by atoms with E-state index in [9.17, 15) is 0 Å². The maximum atomic E-state index is 8.97. The molecule has 0 aliphatic heterocycles. The molecule has 0 amide bonds. The Morgan fingerprint density at radius 3 is 0.938 bits per heavy atom. The zero-order chi connectivity index (χ0) is 13.5. The molecule has 0 aromatic carbocycles. The van der Waals surface area contributed by atoms with Crippen molar-refractivity contribution in [1.29, 1.82) is 4.78 Å². The second-order valence-corrected chi connectivity index (χ2v) is 4.39. The Kier molecular flexibility index (Phi) is 15.8. The first-order valence-electron chi connectivity index (χ1n) is 2.19. The van der Waals surface area contributed by atoms with Crippen molar-refractivity contribution in [2.24, 2.45) is 10.3 Å². The maximum absolute atomic E-state index is 8.97. The summed E-state index contributed by atoms with van der Waals surface area (Å²) in [6.45, 7) is 0. The van der Waals surface area contributed by atoms with E-state index in [1.54, 1.807) is 0 Å². The van der Waals surface area contributed by atoms with Crippen molar-refractivity contribution in [1.82, 2.24) is 0 Å². The molecule has 0 fully saturated rings. The van der Waals surface area contributed by atoms with Crippen LogP contribution < -0.4 is 10.3 Å². The first-order valence-corrected chi connectivity index (χ1v) is 6.57. The Bertz CT molecular complexity index is 347. The van der Waals surface area contributed by atoms with E-state index >= 15 is 0 Å². The molecule has 1 radical (unpaired) electrons. The third-order valence-electron chi connectivity index (χ3n) is 0. The van der Waals surface area contributed by atoms with Crippen molar-refractivity contribution in [3.63, 3.8) is 0 Å². The summed E-state index contributed by atoms with van der Waals surface area (Å²) in [5.74, 6) is 0. The molecule has 12 nitrogen and oxygen atoms in total. The summed E-state index contributed by atoms with van der Waals surface area (Å²) in [5.41, 5.74) is 0. The van der Waals surface area contributed by atoms with Crippen molar-refractivity contribution >= 4 is 30.9 Å². The number of hydrogen-bond acceptors (Lipinski definition) is 9. The first-order chi connectivity index (χ1) is 6.00. The molecule has 6 N–H and O–H groups in total. The summed E-state index contributed by atoms with van der Waals surface area (Å²) in [6, 6.07) is 0. The van der Waals surface area contributed by atoms with Crippen LogP contribution in [0.3, 0.4) is 0 Å². The molecule has 0 aromatic rings. The monoisotopic (exact) mass is 452 g/mol. The van der Waals surface area contributed by atoms with Crippen molar-refractivity contribution in [3.8, 4) is 0 Å². The molecular weight excluding hydrogens is 445 g/mol. The molecule has 0 aliphatic rings. The van der Waals surface area contributed by atoms with E-state index in [1.807, 2.05) is 0 Å². The summed E-state index contributed by atoms with van der Waals surface area (Å²) >= 11 is 0. The second-order valence-electron chi connectivity index (χ2n) is 1.46. The minimum Gasteiger partial charge on any atom is -0.775 e. The smallest absolute Gasteiger partial charge is 0.775 e. The number of rotatable bonds is 0. The molecule has 0 bridgehead atoms. The third kappa shape index (κ3) is 3680. The van der Waals surface area contributed by atoms with E-state index in [4.69, 9.17) is 44.0 Å². The van der Waals surface area contributed by atoms with Gasteiger partial charge in [-0.25, -0.2) is 18.7 Å². The quantitative estimate of drug-likeness (QED) is 0.266. The summed E-state index contributed by atoms with van der Waals surface area (Å²) in [7, 11) is -13.2. The van der Waals surface area contributed by atoms with Crippen LogP contribution in [0.5, 0.6) is 0 Å². The summed E-state index contributed by atoms with van der Waals surface area (Å²) in [4.78, 5) is 0. The zero-order valence-electron chi connectivity index (χ0n) is 6.91. The van der Waals surface area contributed by atoms with E-state index < -0.39 is 30.9 Å². The Morgan fingerprint density at radius 2 is 0.938 bits per heavy atom. The molecule has 0 saturated carbocycles. The van der Waals surface area contributed by atoms with Gasteiger partial charge in [-0.1, -0.05) is 10.3 Å². The molecule has 0 atom stereocenters. The minimum absolute atomic E-state index is 0. The normalized spacial score (nSPS) is 10.9. The molecule has 16 heavy (non-hydrogen) atoms. The molecule has 0 heterocycles. The van der Waals surface area contributed by atoms with Crippen LogP contribution in [0, 0.1) is 43.0 Å². The van der Waals surface area contributed by atoms with E-state index in [2.05, 4.69) is 10.3 Å². The van der Waals surface area contributed by atoms with Gasteiger partial charge in [-0.05, 0) is 0 Å². The van der Waals surface area contributed by atoms with Gasteiger partial charge in [0.25, 0.3) is 0 Å². The third-order valence-corrected chi connectivity index (χ3v) is 0. The van der Waals surface area contributed by atoms with Crippen LogP contribution in [-0.2, 0) is 30.9 Å². The van der Waals surface area contributed by atoms with Gasteiger partial charge in [0.1, 0.15) is 0 Å². The Morgan fingerprint density at radius 1 is 0.938 bits per heavy atom. The maximum Gasteiger partial charge on any atom is 3.00 e. The standard InChI is InChI=1S/Dy.3H3NO3S/c;3*1-5(2,3)4/h;3*(H3,1,2,3,4)/q+3;;;/p-3. The average Bonchev–Trinajstić information content (AvgIpc) is 1.41. The number of nitrogens with two attached hydrogens (primary N) is 2. The van der Waals surface area contributed by atoms with E-state index in [1.165, 1.54) is 0 Å². The SMILES string of the molecule is N=S(=O)([O-])[O-].NS(=O)(=O)O.NS(=O)(=O)[O-].[Dy+3]. The van der Waals surface area contributed by atoms with Crippen molar-refractivity contribution < 1.29 is 77.4 Å². The van der Waals surface area contributed by atoms with Crippen LogP contribution in [0.25, 0.3) is 0 Å². The fourth-order valence-corrected chi connectivity index (χ4v) is 0. The molecule has 0 aliphatic carbocycles. The fraction of sp³-hybridized carbons (Fsp3) is 0. The average molecular weight is 451 g/mol. The van der Waals surface area contributed by atoms with Crippen LogP contribution in [0.2, 0.25) is 0 Å². The van der Waals surface area contributed by atoms with Gasteiger partial charge < -0.3 is 13.7 Å². The van der Waals surface area contributed by atoms with Gasteiger partial charge >= 0.3 is 48.5 Å². The molecule has 0 saturated heterocycles. The van der Waals surface area contributed by atoms with Crippen LogP contribution >= 0.6 is 0 Å². The van der Waals surface area contributed by atoms with Crippen LogP contribution in [0.4, 0.5) is 0 Å². The fourth-order valence-electron chi connectivity index (χ4n) is 0. The van der Waals surface area contributed by atoms with Crippen LogP contribution in [-0.4, -0.2) is 39.3 Å². The van der Waals surface area contributed by atoms with Crippen LogP contribution in [0.15, 0.2) is 0 Å². The van der Waals surface area contributed by atoms with Gasteiger partial charge in [-0.15, -0.1) is 0 Å². The van der Waals surface area contributed by atoms with Gasteiger partial charge in [0.2, 0.25) is 0 Å². The number of nitrogens with one attached hydrogen (secondary N) is 1. The Hall–Kier alpha value is 0.883. The zero-order valence-corrected chi connectivity index (χ0v) is 11.4. The Balaban J connectivity index is -0.0000000655. The van der Waals surface area contributed by atoms with Crippen molar-refractivity contribution in [3.05, 3.63) is 0 Å². The van der Waals surface area contributed by atoms with Gasteiger partial charge in [0.15, 0.2) is 10.3 Å². The summed E-state index contributed by atoms with van der Waals surface area (Å²) in [5, 5.41) is 7.65. The summed E-state index contributed by atoms with van der Waals surface area (Å²) in [6.07, 6.45) is 0. The molecular formula is H6DyN3O9S3. The topological polar surface area (TPSA) is 251 Å². The molecule has 0 aromatic heterocycles. The summed E-state index contributed by atoms with van der Waals surface area (Å²) < 4.78 is 83.3. The molecule has 0 spiro atoms. The molecule has 0 unspecified atom stereocenters. The molecule has 16 heteroatoms. The predicted octanol–water partition coefficient (Wildman–Crippen LogP) is -3.55. The minimum atomic E-state index is -4.67. The van der Waals surface area contributed by atoms with E-state index in [0.717, 1.165) is 0 Å². The second kappa shape index (κ2) is 9.87. The largest absolute Gasteiger partial charge is 3.00 e.